The van der Waals surface area contributed by atoms with Crippen LogP contribution in [0.4, 0.5) is 0 Å². The van der Waals surface area contributed by atoms with Gasteiger partial charge < -0.3 is 30.5 Å². The van der Waals surface area contributed by atoms with E-state index in [1.807, 2.05) is 0 Å². The quantitative estimate of drug-likeness (QED) is 0.409. The number of hydrogen-bond acceptors (Lipinski definition) is 7. The molecule has 13 atom stereocenters. The van der Waals surface area contributed by atoms with Crippen molar-refractivity contribution in [2.24, 2.45) is 51.1 Å². The lowest BCUT2D eigenvalue weighted by molar-refractivity contribution is -0.216. The Morgan fingerprint density at radius 1 is 1.05 bits per heavy atom. The molecule has 0 radical (unpaired) electrons. The molecule has 0 amide bonds. The molecule has 1 saturated heterocycles. The Labute approximate surface area is 228 Å². The first kappa shape index (κ1) is 27.4. The minimum atomic E-state index is -1.27. The molecule has 5 aliphatic carbocycles. The van der Waals surface area contributed by atoms with Gasteiger partial charge in [0.15, 0.2) is 6.10 Å². The summed E-state index contributed by atoms with van der Waals surface area (Å²) in [5.41, 5.74) is 5.61. The van der Waals surface area contributed by atoms with E-state index in [9.17, 15) is 20.1 Å². The molecule has 7 heteroatoms. The number of carbonyl (C=O) groups is 1. The highest BCUT2D eigenvalue weighted by atomic mass is 16.6. The first-order chi connectivity index (χ1) is 17.5. The van der Waals surface area contributed by atoms with Gasteiger partial charge in [0, 0.05) is 6.92 Å². The van der Waals surface area contributed by atoms with Gasteiger partial charge in [-0.3, -0.25) is 4.79 Å². The highest BCUT2D eigenvalue weighted by Crippen LogP contribution is 2.87. The van der Waals surface area contributed by atoms with Crippen LogP contribution in [0.3, 0.4) is 0 Å². The summed E-state index contributed by atoms with van der Waals surface area (Å²) in [5, 5.41) is 34.0. The van der Waals surface area contributed by atoms with E-state index in [0.717, 1.165) is 38.5 Å². The molecule has 7 nitrogen and oxygen atoms in total. The fourth-order valence-corrected chi connectivity index (χ4v) is 12.0. The van der Waals surface area contributed by atoms with E-state index in [4.69, 9.17) is 15.2 Å². The number of fused-ring (bicyclic) bond motifs is 4. The van der Waals surface area contributed by atoms with Crippen molar-refractivity contribution in [1.82, 2.24) is 0 Å². The molecule has 0 aromatic heterocycles. The monoisotopic (exact) mass is 533 g/mol. The van der Waals surface area contributed by atoms with Crippen molar-refractivity contribution in [1.29, 1.82) is 0 Å². The fourth-order valence-electron chi connectivity index (χ4n) is 12.0. The lowest BCUT2D eigenvalue weighted by atomic mass is 9.43. The Balaban J connectivity index is 1.35. The molecule has 5 N–H and O–H groups in total. The van der Waals surface area contributed by atoms with Crippen molar-refractivity contribution < 1.29 is 29.6 Å². The Morgan fingerprint density at radius 3 is 2.32 bits per heavy atom. The topological polar surface area (TPSA) is 122 Å². The molecule has 6 fully saturated rings. The third kappa shape index (κ3) is 3.12. The summed E-state index contributed by atoms with van der Waals surface area (Å²) in [4.78, 5) is 11.9. The van der Waals surface area contributed by atoms with Gasteiger partial charge in [0.2, 0.25) is 0 Å². The zero-order valence-corrected chi connectivity index (χ0v) is 24.5. The third-order valence-electron chi connectivity index (χ3n) is 13.6. The van der Waals surface area contributed by atoms with Crippen molar-refractivity contribution in [2.45, 2.75) is 141 Å². The summed E-state index contributed by atoms with van der Waals surface area (Å²) in [6, 6.07) is 0. The third-order valence-corrected chi connectivity index (χ3v) is 13.6. The SMILES string of the molecule is CC(=O)O[C@@H](C1C[C@@H](C)[C@H]2[C@H](O1)[C@H](O)[C@@]1(N)C3CC[C@H]4C(C)(C)C(O)CCC45CC35CCC21C)C(C)(C)O. The summed E-state index contributed by atoms with van der Waals surface area (Å²) in [5.74, 6) is 0.583. The maximum Gasteiger partial charge on any atom is 0.303 e. The zero-order valence-electron chi connectivity index (χ0n) is 24.5. The van der Waals surface area contributed by atoms with Crippen molar-refractivity contribution >= 4 is 5.97 Å². The number of esters is 1. The van der Waals surface area contributed by atoms with Crippen molar-refractivity contribution in [2.75, 3.05) is 0 Å². The lowest BCUT2D eigenvalue weighted by Crippen LogP contribution is -2.70. The lowest BCUT2D eigenvalue weighted by Gasteiger charge is -2.63. The number of rotatable bonds is 3. The molecular formula is C31H51NO6. The van der Waals surface area contributed by atoms with Crippen LogP contribution in [0.15, 0.2) is 0 Å². The Morgan fingerprint density at radius 2 is 1.68 bits per heavy atom. The average Bonchev–Trinajstić information content (AvgIpc) is 3.44. The van der Waals surface area contributed by atoms with E-state index in [0.29, 0.717) is 12.3 Å². The number of carbonyl (C=O) groups excluding carboxylic acids is 1. The minimum Gasteiger partial charge on any atom is -0.457 e. The van der Waals surface area contributed by atoms with Gasteiger partial charge in [-0.2, -0.15) is 0 Å². The Kier molecular flexibility index (Phi) is 5.75. The number of ether oxygens (including phenoxy) is 2. The number of aliphatic hydroxyl groups excluding tert-OH is 2. The van der Waals surface area contributed by atoms with Crippen LogP contribution >= 0.6 is 0 Å². The van der Waals surface area contributed by atoms with Crippen LogP contribution in [0.2, 0.25) is 0 Å². The van der Waals surface area contributed by atoms with Crippen molar-refractivity contribution in [3.63, 3.8) is 0 Å². The van der Waals surface area contributed by atoms with Crippen LogP contribution in [0.1, 0.15) is 99.8 Å². The van der Waals surface area contributed by atoms with Gasteiger partial charge in [-0.25, -0.2) is 0 Å². The van der Waals surface area contributed by atoms with Gasteiger partial charge in [-0.1, -0.05) is 27.7 Å². The predicted molar refractivity (Wildman–Crippen MR) is 143 cm³/mol. The van der Waals surface area contributed by atoms with E-state index in [1.165, 1.54) is 13.3 Å². The van der Waals surface area contributed by atoms with Crippen LogP contribution in [0, 0.1) is 45.3 Å². The summed E-state index contributed by atoms with van der Waals surface area (Å²) in [7, 11) is 0. The highest BCUT2D eigenvalue weighted by Gasteiger charge is 2.85. The Hall–Kier alpha value is -0.730. The van der Waals surface area contributed by atoms with Crippen LogP contribution in [0.25, 0.3) is 0 Å². The van der Waals surface area contributed by atoms with E-state index in [1.54, 1.807) is 13.8 Å². The van der Waals surface area contributed by atoms with Crippen LogP contribution in [-0.4, -0.2) is 62.9 Å². The standard InChI is InChI=1S/C31H51NO6/c1-16-14-18(25(27(5,6)36)37-17(2)33)38-23-22(16)28(7)12-13-30-15-29(30)11-10-21(34)26(3,4)19(29)8-9-20(30)31(28,32)24(23)35/h16,18-25,34-36H,8-15,32H2,1-7H3/t16-,18?,19+,20?,21?,22+,23+,24+,25+,28?,29?,30?,31+/m1/s1. The molecule has 0 aromatic rings. The van der Waals surface area contributed by atoms with Gasteiger partial charge in [0.05, 0.1) is 35.6 Å². The molecule has 0 aromatic carbocycles. The van der Waals surface area contributed by atoms with E-state index in [-0.39, 0.29) is 45.5 Å². The molecule has 6 rings (SSSR count). The van der Waals surface area contributed by atoms with Crippen LogP contribution in [-0.2, 0) is 14.3 Å². The van der Waals surface area contributed by atoms with Crippen molar-refractivity contribution in [3.05, 3.63) is 0 Å². The van der Waals surface area contributed by atoms with Gasteiger partial charge in [0.25, 0.3) is 0 Å². The van der Waals surface area contributed by atoms with Crippen LogP contribution in [0.5, 0.6) is 0 Å². The second-order valence-corrected chi connectivity index (χ2v) is 15.9. The van der Waals surface area contributed by atoms with Gasteiger partial charge in [-0.15, -0.1) is 0 Å². The zero-order chi connectivity index (χ0) is 27.8. The molecule has 0 bridgehead atoms. The molecule has 5 saturated carbocycles. The number of nitrogens with two attached hydrogens (primary N) is 1. The number of aliphatic hydroxyl groups is 3. The van der Waals surface area contributed by atoms with E-state index >= 15 is 0 Å². The van der Waals surface area contributed by atoms with Gasteiger partial charge >= 0.3 is 5.97 Å². The molecule has 6 aliphatic rings. The summed E-state index contributed by atoms with van der Waals surface area (Å²) < 4.78 is 12.3. The molecular weight excluding hydrogens is 482 g/mol. The summed E-state index contributed by atoms with van der Waals surface area (Å²) >= 11 is 0. The molecule has 2 spiro atoms. The minimum absolute atomic E-state index is 0.0921. The van der Waals surface area contributed by atoms with Crippen molar-refractivity contribution in [3.8, 4) is 0 Å². The second kappa shape index (κ2) is 7.96. The largest absolute Gasteiger partial charge is 0.457 e. The predicted octanol–water partition coefficient (Wildman–Crippen LogP) is 3.55. The molecule has 38 heavy (non-hydrogen) atoms. The highest BCUT2D eigenvalue weighted by molar-refractivity contribution is 5.66. The van der Waals surface area contributed by atoms with Crippen LogP contribution < -0.4 is 5.73 Å². The molecule has 1 heterocycles. The molecule has 6 unspecified atom stereocenters. The fraction of sp³-hybridized carbons (Fsp3) is 0.968. The first-order valence-electron chi connectivity index (χ1n) is 15.2. The smallest absolute Gasteiger partial charge is 0.303 e. The van der Waals surface area contributed by atoms with E-state index < -0.39 is 41.5 Å². The average molecular weight is 534 g/mol. The normalized spacial score (nSPS) is 55.4. The molecule has 1 aliphatic heterocycles. The number of hydrogen-bond donors (Lipinski definition) is 4. The molecule has 216 valence electrons. The van der Waals surface area contributed by atoms with E-state index in [2.05, 4.69) is 27.7 Å². The summed E-state index contributed by atoms with van der Waals surface area (Å²) in [6.45, 7) is 13.7. The van der Waals surface area contributed by atoms with Gasteiger partial charge in [-0.05, 0) is 111 Å². The first-order valence-corrected chi connectivity index (χ1v) is 15.2. The maximum absolute atomic E-state index is 12.2. The second-order valence-electron chi connectivity index (χ2n) is 15.9. The summed E-state index contributed by atoms with van der Waals surface area (Å²) in [6.07, 6.45) is 5.07. The van der Waals surface area contributed by atoms with Gasteiger partial charge in [0.1, 0.15) is 0 Å². The Bertz CT molecular complexity index is 1010. The maximum atomic E-state index is 12.2.